The first kappa shape index (κ1) is 16.1. The first-order valence-electron chi connectivity index (χ1n) is 5.34. The maximum atomic E-state index is 12.0. The summed E-state index contributed by atoms with van der Waals surface area (Å²) in [6.07, 6.45) is 0.544. The standard InChI is InChI=1S/C11H14Cl3NO2S/c1-7(12)5-8(2)15-18(16,17)9-3-4-10(13)11(14)6-9/h3-4,6-8,15H,5H2,1-2H3. The van der Waals surface area contributed by atoms with Gasteiger partial charge < -0.3 is 0 Å². The molecule has 1 aromatic rings. The third-order valence-electron chi connectivity index (χ3n) is 2.24. The summed E-state index contributed by atoms with van der Waals surface area (Å²) in [4.78, 5) is 0.0889. The van der Waals surface area contributed by atoms with Gasteiger partial charge in [0, 0.05) is 11.4 Å². The fraction of sp³-hybridized carbons (Fsp3) is 0.455. The Morgan fingerprint density at radius 2 is 1.83 bits per heavy atom. The van der Waals surface area contributed by atoms with Crippen molar-refractivity contribution in [2.45, 2.75) is 36.6 Å². The highest BCUT2D eigenvalue weighted by Gasteiger charge is 2.19. The lowest BCUT2D eigenvalue weighted by Crippen LogP contribution is -2.33. The van der Waals surface area contributed by atoms with E-state index in [4.69, 9.17) is 34.8 Å². The fourth-order valence-electron chi connectivity index (χ4n) is 1.51. The minimum absolute atomic E-state index is 0.0889. The molecule has 102 valence electrons. The van der Waals surface area contributed by atoms with Crippen molar-refractivity contribution in [2.24, 2.45) is 0 Å². The van der Waals surface area contributed by atoms with Gasteiger partial charge >= 0.3 is 0 Å². The van der Waals surface area contributed by atoms with Crippen molar-refractivity contribution in [1.29, 1.82) is 0 Å². The number of hydrogen-bond acceptors (Lipinski definition) is 2. The highest BCUT2D eigenvalue weighted by atomic mass is 35.5. The smallest absolute Gasteiger partial charge is 0.208 e. The van der Waals surface area contributed by atoms with E-state index < -0.39 is 10.0 Å². The predicted molar refractivity (Wildman–Crippen MR) is 76.2 cm³/mol. The highest BCUT2D eigenvalue weighted by Crippen LogP contribution is 2.25. The molecule has 1 aromatic carbocycles. The van der Waals surface area contributed by atoms with Crippen LogP contribution in [0.15, 0.2) is 23.1 Å². The maximum Gasteiger partial charge on any atom is 0.240 e. The number of sulfonamides is 1. The van der Waals surface area contributed by atoms with Gasteiger partial charge in [-0.1, -0.05) is 23.2 Å². The molecule has 1 N–H and O–H groups in total. The van der Waals surface area contributed by atoms with Gasteiger partial charge in [0.05, 0.1) is 14.9 Å². The van der Waals surface area contributed by atoms with E-state index in [-0.39, 0.29) is 21.3 Å². The predicted octanol–water partition coefficient (Wildman–Crippen LogP) is 3.68. The van der Waals surface area contributed by atoms with Crippen LogP contribution in [-0.4, -0.2) is 19.8 Å². The van der Waals surface area contributed by atoms with Crippen molar-refractivity contribution in [2.75, 3.05) is 0 Å². The van der Waals surface area contributed by atoms with Crippen LogP contribution in [0.3, 0.4) is 0 Å². The minimum atomic E-state index is -3.60. The van der Waals surface area contributed by atoms with Crippen molar-refractivity contribution < 1.29 is 8.42 Å². The third-order valence-corrected chi connectivity index (χ3v) is 4.74. The Hall–Kier alpha value is -0.000000000000000111. The summed E-state index contributed by atoms with van der Waals surface area (Å²) in [6.45, 7) is 3.57. The van der Waals surface area contributed by atoms with Crippen molar-refractivity contribution in [3.8, 4) is 0 Å². The average Bonchev–Trinajstić information content (AvgIpc) is 2.19. The first-order valence-corrected chi connectivity index (χ1v) is 8.01. The molecule has 0 heterocycles. The molecule has 7 heteroatoms. The van der Waals surface area contributed by atoms with Crippen LogP contribution in [0.1, 0.15) is 20.3 Å². The molecule has 18 heavy (non-hydrogen) atoms. The van der Waals surface area contributed by atoms with E-state index in [2.05, 4.69) is 4.72 Å². The molecule has 0 aromatic heterocycles. The summed E-state index contributed by atoms with van der Waals surface area (Å²) in [5, 5.41) is 0.424. The summed E-state index contributed by atoms with van der Waals surface area (Å²) in [5.74, 6) is 0. The van der Waals surface area contributed by atoms with Crippen molar-refractivity contribution >= 4 is 44.8 Å². The number of rotatable bonds is 5. The lowest BCUT2D eigenvalue weighted by Gasteiger charge is -2.15. The molecular weight excluding hydrogens is 317 g/mol. The van der Waals surface area contributed by atoms with E-state index >= 15 is 0 Å². The van der Waals surface area contributed by atoms with Gasteiger partial charge in [0.15, 0.2) is 0 Å². The molecule has 0 bridgehead atoms. The van der Waals surface area contributed by atoms with Gasteiger partial charge in [-0.2, -0.15) is 0 Å². The van der Waals surface area contributed by atoms with Gasteiger partial charge in [-0.05, 0) is 38.5 Å². The summed E-state index contributed by atoms with van der Waals surface area (Å²) < 4.78 is 26.6. The number of alkyl halides is 1. The van der Waals surface area contributed by atoms with E-state index in [1.165, 1.54) is 18.2 Å². The molecule has 0 radical (unpaired) electrons. The quantitative estimate of drug-likeness (QED) is 0.837. The molecular formula is C11H14Cl3NO2S. The topological polar surface area (TPSA) is 46.2 Å². The second kappa shape index (κ2) is 6.44. The zero-order chi connectivity index (χ0) is 13.9. The van der Waals surface area contributed by atoms with Gasteiger partial charge in [0.1, 0.15) is 0 Å². The lowest BCUT2D eigenvalue weighted by atomic mass is 10.2. The summed E-state index contributed by atoms with van der Waals surface area (Å²) in [6, 6.07) is 3.93. The van der Waals surface area contributed by atoms with Crippen molar-refractivity contribution in [1.82, 2.24) is 4.72 Å². The molecule has 1 rings (SSSR count). The zero-order valence-corrected chi connectivity index (χ0v) is 13.0. The Kier molecular flexibility index (Phi) is 5.74. The SMILES string of the molecule is CC(Cl)CC(C)NS(=O)(=O)c1ccc(Cl)c(Cl)c1. The molecule has 2 unspecified atom stereocenters. The van der Waals surface area contributed by atoms with Crippen LogP contribution < -0.4 is 4.72 Å². The Morgan fingerprint density at radius 3 is 2.33 bits per heavy atom. The van der Waals surface area contributed by atoms with E-state index in [9.17, 15) is 8.42 Å². The fourth-order valence-corrected chi connectivity index (χ4v) is 3.42. The van der Waals surface area contributed by atoms with Gasteiger partial charge in [-0.15, -0.1) is 11.6 Å². The average molecular weight is 331 g/mol. The molecule has 0 fully saturated rings. The van der Waals surface area contributed by atoms with Gasteiger partial charge in [0.25, 0.3) is 0 Å². The van der Waals surface area contributed by atoms with Gasteiger partial charge in [-0.25, -0.2) is 13.1 Å². The van der Waals surface area contributed by atoms with Crippen LogP contribution in [0.25, 0.3) is 0 Å². The lowest BCUT2D eigenvalue weighted by molar-refractivity contribution is 0.545. The normalized spacial score (nSPS) is 15.4. The molecule has 2 atom stereocenters. The highest BCUT2D eigenvalue weighted by molar-refractivity contribution is 7.89. The molecule has 0 aliphatic carbocycles. The van der Waals surface area contributed by atoms with Crippen LogP contribution in [0, 0.1) is 0 Å². The summed E-state index contributed by atoms with van der Waals surface area (Å²) >= 11 is 17.4. The molecule has 0 saturated heterocycles. The second-order valence-electron chi connectivity index (χ2n) is 4.11. The molecule has 0 spiro atoms. The van der Waals surface area contributed by atoms with Crippen LogP contribution in [0.5, 0.6) is 0 Å². The number of nitrogens with one attached hydrogen (secondary N) is 1. The van der Waals surface area contributed by atoms with Gasteiger partial charge in [0.2, 0.25) is 10.0 Å². The molecule has 3 nitrogen and oxygen atoms in total. The van der Waals surface area contributed by atoms with Crippen molar-refractivity contribution in [3.05, 3.63) is 28.2 Å². The Labute approximate surface area is 122 Å². The Bertz CT molecular complexity index is 517. The molecule has 0 aliphatic rings. The Morgan fingerprint density at radius 1 is 1.22 bits per heavy atom. The third kappa shape index (κ3) is 4.59. The first-order chi connectivity index (χ1) is 8.22. The zero-order valence-electron chi connectivity index (χ0n) is 9.95. The maximum absolute atomic E-state index is 12.0. The minimum Gasteiger partial charge on any atom is -0.208 e. The largest absolute Gasteiger partial charge is 0.240 e. The Balaban J connectivity index is 2.89. The van der Waals surface area contributed by atoms with E-state index in [1.807, 2.05) is 6.92 Å². The van der Waals surface area contributed by atoms with E-state index in [1.54, 1.807) is 6.92 Å². The van der Waals surface area contributed by atoms with E-state index in [0.717, 1.165) is 0 Å². The van der Waals surface area contributed by atoms with Crippen LogP contribution in [0.2, 0.25) is 10.0 Å². The second-order valence-corrected chi connectivity index (χ2v) is 7.39. The number of benzene rings is 1. The molecule has 0 saturated carbocycles. The van der Waals surface area contributed by atoms with Crippen LogP contribution in [-0.2, 0) is 10.0 Å². The van der Waals surface area contributed by atoms with E-state index in [0.29, 0.717) is 11.4 Å². The monoisotopic (exact) mass is 329 g/mol. The van der Waals surface area contributed by atoms with Gasteiger partial charge in [-0.3, -0.25) is 0 Å². The number of hydrogen-bond donors (Lipinski definition) is 1. The van der Waals surface area contributed by atoms with Crippen molar-refractivity contribution in [3.63, 3.8) is 0 Å². The molecule has 0 aliphatic heterocycles. The molecule has 0 amide bonds. The van der Waals surface area contributed by atoms with Crippen LogP contribution >= 0.6 is 34.8 Å². The number of halogens is 3. The van der Waals surface area contributed by atoms with Crippen LogP contribution in [0.4, 0.5) is 0 Å². The summed E-state index contributed by atoms with van der Waals surface area (Å²) in [7, 11) is -3.60. The summed E-state index contributed by atoms with van der Waals surface area (Å²) in [5.41, 5.74) is 0.